The van der Waals surface area contributed by atoms with Crippen LogP contribution in [0.1, 0.15) is 41.2 Å². The fourth-order valence-electron chi connectivity index (χ4n) is 4.25. The molecule has 0 bridgehead atoms. The molecule has 3 aromatic rings. The van der Waals surface area contributed by atoms with Crippen molar-refractivity contribution in [1.29, 1.82) is 0 Å². The summed E-state index contributed by atoms with van der Waals surface area (Å²) in [6.07, 6.45) is 5.80. The number of aromatic nitrogens is 2. The first kappa shape index (κ1) is 21.8. The summed E-state index contributed by atoms with van der Waals surface area (Å²) < 4.78 is 44.1. The van der Waals surface area contributed by atoms with Crippen LogP contribution in [0.15, 0.2) is 36.7 Å². The molecule has 174 valence electrons. The lowest BCUT2D eigenvalue weighted by atomic mass is 10.00. The molecular formula is C24H25F2N3O4. The van der Waals surface area contributed by atoms with Crippen molar-refractivity contribution in [2.75, 3.05) is 26.9 Å². The summed E-state index contributed by atoms with van der Waals surface area (Å²) in [5, 5.41) is 3.42. The Bertz CT molecular complexity index is 1170. The minimum atomic E-state index is -3.06. The second-order valence-electron chi connectivity index (χ2n) is 8.41. The van der Waals surface area contributed by atoms with Crippen molar-refractivity contribution in [2.45, 2.75) is 31.9 Å². The molecular weight excluding hydrogens is 432 g/mol. The van der Waals surface area contributed by atoms with Crippen LogP contribution in [0.25, 0.3) is 16.9 Å². The predicted molar refractivity (Wildman–Crippen MR) is 117 cm³/mol. The molecule has 5 rings (SSSR count). The third-order valence-corrected chi connectivity index (χ3v) is 6.11. The standard InChI is InChI=1S/C24H25F2N3O4/c1-31-20-9-16(10-21(33-24(25)26)23(20)19(30)8-14-2-3-14)18-12-28-22-11-15(4-6-29(18)22)17-13-32-7-5-27-17/h4,6,9-12,14,17,24,27H,2-3,5,7-8,13H2,1H3. The quantitative estimate of drug-likeness (QED) is 0.510. The lowest BCUT2D eigenvalue weighted by Gasteiger charge is -2.24. The lowest BCUT2D eigenvalue weighted by Crippen LogP contribution is -2.34. The first-order valence-corrected chi connectivity index (χ1v) is 11.0. The number of hydrogen-bond donors (Lipinski definition) is 1. The van der Waals surface area contributed by atoms with Gasteiger partial charge in [-0.15, -0.1) is 0 Å². The number of pyridine rings is 1. The molecule has 9 heteroatoms. The molecule has 33 heavy (non-hydrogen) atoms. The normalized spacial score (nSPS) is 18.6. The summed E-state index contributed by atoms with van der Waals surface area (Å²) >= 11 is 0. The fraction of sp³-hybridized carbons (Fsp3) is 0.417. The Hall–Kier alpha value is -3.04. The molecule has 1 aliphatic heterocycles. The number of morpholine rings is 1. The highest BCUT2D eigenvalue weighted by atomic mass is 19.3. The van der Waals surface area contributed by atoms with Crippen LogP contribution < -0.4 is 14.8 Å². The average molecular weight is 457 g/mol. The van der Waals surface area contributed by atoms with Crippen LogP contribution in [0.3, 0.4) is 0 Å². The molecule has 1 saturated heterocycles. The third-order valence-electron chi connectivity index (χ3n) is 6.11. The average Bonchev–Trinajstić information content (AvgIpc) is 3.53. The first-order valence-electron chi connectivity index (χ1n) is 11.0. The van der Waals surface area contributed by atoms with Gasteiger partial charge < -0.3 is 19.5 Å². The Kier molecular flexibility index (Phi) is 5.99. The third kappa shape index (κ3) is 4.56. The Morgan fingerprint density at radius 3 is 2.82 bits per heavy atom. The monoisotopic (exact) mass is 457 g/mol. The highest BCUT2D eigenvalue weighted by Gasteiger charge is 2.30. The molecule has 1 unspecified atom stereocenters. The van der Waals surface area contributed by atoms with Crippen molar-refractivity contribution in [3.63, 3.8) is 0 Å². The zero-order chi connectivity index (χ0) is 22.9. The van der Waals surface area contributed by atoms with Crippen LogP contribution in [-0.2, 0) is 4.74 Å². The number of benzene rings is 1. The first-order chi connectivity index (χ1) is 16.0. The van der Waals surface area contributed by atoms with Crippen LogP contribution in [-0.4, -0.2) is 48.6 Å². The van der Waals surface area contributed by atoms with Gasteiger partial charge in [-0.05, 0) is 48.6 Å². The number of hydrogen-bond acceptors (Lipinski definition) is 6. The largest absolute Gasteiger partial charge is 0.496 e. The summed E-state index contributed by atoms with van der Waals surface area (Å²) in [5.74, 6) is 0.0869. The van der Waals surface area contributed by atoms with Gasteiger partial charge in [0.15, 0.2) is 5.78 Å². The molecule has 1 N–H and O–H groups in total. The molecule has 3 heterocycles. The van der Waals surface area contributed by atoms with Gasteiger partial charge >= 0.3 is 6.61 Å². The second-order valence-corrected chi connectivity index (χ2v) is 8.41. The Morgan fingerprint density at radius 1 is 1.30 bits per heavy atom. The van der Waals surface area contributed by atoms with E-state index in [0.29, 0.717) is 42.5 Å². The number of ketones is 1. The molecule has 1 atom stereocenters. The van der Waals surface area contributed by atoms with E-state index in [-0.39, 0.29) is 28.9 Å². The summed E-state index contributed by atoms with van der Waals surface area (Å²) in [6, 6.07) is 7.17. The molecule has 1 aliphatic carbocycles. The Labute approximate surface area is 189 Å². The number of methoxy groups -OCH3 is 1. The number of alkyl halides is 2. The van der Waals surface area contributed by atoms with E-state index >= 15 is 0 Å². The molecule has 1 saturated carbocycles. The van der Waals surface area contributed by atoms with Gasteiger partial charge in [-0.3, -0.25) is 9.20 Å². The summed E-state index contributed by atoms with van der Waals surface area (Å²) in [4.78, 5) is 17.3. The summed E-state index contributed by atoms with van der Waals surface area (Å²) in [5.41, 5.74) is 3.06. The maximum atomic E-state index is 13.2. The molecule has 0 amide bonds. The number of carbonyl (C=O) groups excluding carboxylic acids is 1. The number of Topliss-reactive ketones (excluding diaryl/α,β-unsaturated/α-hetero) is 1. The van der Waals surface area contributed by atoms with E-state index < -0.39 is 6.61 Å². The highest BCUT2D eigenvalue weighted by Crippen LogP contribution is 2.40. The molecule has 2 fully saturated rings. The van der Waals surface area contributed by atoms with Crippen molar-refractivity contribution >= 4 is 11.4 Å². The van der Waals surface area contributed by atoms with Gasteiger partial charge in [0.05, 0.1) is 38.3 Å². The zero-order valence-electron chi connectivity index (χ0n) is 18.2. The van der Waals surface area contributed by atoms with Gasteiger partial charge in [-0.25, -0.2) is 4.98 Å². The van der Waals surface area contributed by atoms with Gasteiger partial charge in [-0.2, -0.15) is 8.78 Å². The number of halogens is 2. The highest BCUT2D eigenvalue weighted by molar-refractivity contribution is 6.02. The number of fused-ring (bicyclic) bond motifs is 1. The van der Waals surface area contributed by atoms with E-state index in [2.05, 4.69) is 10.3 Å². The van der Waals surface area contributed by atoms with Crippen LogP contribution in [0.5, 0.6) is 11.5 Å². The van der Waals surface area contributed by atoms with Gasteiger partial charge in [-0.1, -0.05) is 0 Å². The molecule has 0 spiro atoms. The number of imidazole rings is 1. The van der Waals surface area contributed by atoms with Crippen LogP contribution >= 0.6 is 0 Å². The van der Waals surface area contributed by atoms with Crippen LogP contribution in [0.2, 0.25) is 0 Å². The second kappa shape index (κ2) is 9.07. The minimum Gasteiger partial charge on any atom is -0.496 e. The maximum Gasteiger partial charge on any atom is 0.387 e. The van der Waals surface area contributed by atoms with E-state index in [0.717, 1.165) is 24.9 Å². The van der Waals surface area contributed by atoms with Crippen molar-refractivity contribution in [3.8, 4) is 22.8 Å². The van der Waals surface area contributed by atoms with Gasteiger partial charge in [0.2, 0.25) is 0 Å². The Morgan fingerprint density at radius 2 is 2.12 bits per heavy atom. The lowest BCUT2D eigenvalue weighted by molar-refractivity contribution is -0.0502. The van der Waals surface area contributed by atoms with Gasteiger partial charge in [0.25, 0.3) is 0 Å². The van der Waals surface area contributed by atoms with Gasteiger partial charge in [0, 0.05) is 24.7 Å². The number of nitrogens with one attached hydrogen (secondary N) is 1. The van der Waals surface area contributed by atoms with Crippen molar-refractivity contribution in [2.24, 2.45) is 5.92 Å². The molecule has 1 aromatic carbocycles. The number of nitrogens with zero attached hydrogens (tertiary/aromatic N) is 2. The minimum absolute atomic E-state index is 0.0629. The predicted octanol–water partition coefficient (Wildman–Crippen LogP) is 4.26. The molecule has 2 aromatic heterocycles. The molecule has 2 aliphatic rings. The summed E-state index contributed by atoms with van der Waals surface area (Å²) in [6.45, 7) is -0.997. The smallest absolute Gasteiger partial charge is 0.387 e. The number of carbonyl (C=O) groups is 1. The maximum absolute atomic E-state index is 13.2. The van der Waals surface area contributed by atoms with E-state index in [9.17, 15) is 13.6 Å². The van der Waals surface area contributed by atoms with E-state index in [1.807, 2.05) is 22.7 Å². The van der Waals surface area contributed by atoms with Crippen molar-refractivity contribution < 1.29 is 27.8 Å². The van der Waals surface area contributed by atoms with Crippen molar-refractivity contribution in [3.05, 3.63) is 47.8 Å². The van der Waals surface area contributed by atoms with Crippen molar-refractivity contribution in [1.82, 2.24) is 14.7 Å². The van der Waals surface area contributed by atoms with E-state index in [1.54, 1.807) is 12.3 Å². The topological polar surface area (TPSA) is 74.1 Å². The van der Waals surface area contributed by atoms with E-state index in [1.165, 1.54) is 13.2 Å². The fourth-order valence-corrected chi connectivity index (χ4v) is 4.25. The number of ether oxygens (including phenoxy) is 3. The Balaban J connectivity index is 1.54. The number of rotatable bonds is 8. The van der Waals surface area contributed by atoms with E-state index in [4.69, 9.17) is 14.2 Å². The SMILES string of the molecule is COc1cc(-c2cnc3cc(C4COCCN4)ccn23)cc(OC(F)F)c1C(=O)CC1CC1. The van der Waals surface area contributed by atoms with Gasteiger partial charge in [0.1, 0.15) is 22.7 Å². The van der Waals surface area contributed by atoms with Crippen LogP contribution in [0, 0.1) is 5.92 Å². The van der Waals surface area contributed by atoms with Crippen LogP contribution in [0.4, 0.5) is 8.78 Å². The molecule has 7 nitrogen and oxygen atoms in total. The summed E-state index contributed by atoms with van der Waals surface area (Å²) in [7, 11) is 1.42. The molecule has 0 radical (unpaired) electrons. The zero-order valence-corrected chi connectivity index (χ0v) is 18.2.